The van der Waals surface area contributed by atoms with E-state index in [-0.39, 0.29) is 11.2 Å². The van der Waals surface area contributed by atoms with Crippen LogP contribution in [0.15, 0.2) is 29.2 Å². The van der Waals surface area contributed by atoms with E-state index in [0.29, 0.717) is 0 Å². The fourth-order valence-electron chi connectivity index (χ4n) is 2.78. The summed E-state index contributed by atoms with van der Waals surface area (Å²) in [4.78, 5) is 15.9. The highest BCUT2D eigenvalue weighted by molar-refractivity contribution is 8.01. The second-order valence-corrected chi connectivity index (χ2v) is 6.76. The Morgan fingerprint density at radius 3 is 2.95 bits per heavy atom. The zero-order valence-electron chi connectivity index (χ0n) is 12.2. The molecule has 0 aliphatic carbocycles. The van der Waals surface area contributed by atoms with Crippen molar-refractivity contribution in [3.05, 3.63) is 29.8 Å². The number of fused-ring (bicyclic) bond motifs is 1. The van der Waals surface area contributed by atoms with Crippen LogP contribution in [0.3, 0.4) is 0 Å². The van der Waals surface area contributed by atoms with Crippen LogP contribution in [-0.4, -0.2) is 55.4 Å². The summed E-state index contributed by atoms with van der Waals surface area (Å²) >= 11 is 1.69. The van der Waals surface area contributed by atoms with Gasteiger partial charge in [0.05, 0.1) is 18.5 Å². The van der Waals surface area contributed by atoms with Crippen LogP contribution < -0.4 is 5.32 Å². The molecule has 21 heavy (non-hydrogen) atoms. The number of hydrogen-bond donors (Lipinski definition) is 1. The number of nitrogens with one attached hydrogen (secondary N) is 1. The SMILES string of the molecule is O=C(NCCCN1CCOCC1)C1Cc2ccccc2S1. The van der Waals surface area contributed by atoms with Gasteiger partial charge in [-0.15, -0.1) is 11.8 Å². The molecule has 2 aliphatic heterocycles. The number of rotatable bonds is 5. The predicted molar refractivity (Wildman–Crippen MR) is 84.7 cm³/mol. The normalized spacial score (nSPS) is 22.0. The molecule has 1 fully saturated rings. The molecular weight excluding hydrogens is 284 g/mol. The summed E-state index contributed by atoms with van der Waals surface area (Å²) in [6.07, 6.45) is 1.87. The molecule has 0 radical (unpaired) electrons. The van der Waals surface area contributed by atoms with E-state index < -0.39 is 0 Å². The highest BCUT2D eigenvalue weighted by Crippen LogP contribution is 2.36. The van der Waals surface area contributed by atoms with Crippen molar-refractivity contribution < 1.29 is 9.53 Å². The van der Waals surface area contributed by atoms with Crippen molar-refractivity contribution in [3.63, 3.8) is 0 Å². The van der Waals surface area contributed by atoms with Gasteiger partial charge >= 0.3 is 0 Å². The van der Waals surface area contributed by atoms with Crippen LogP contribution in [0.25, 0.3) is 0 Å². The first-order chi connectivity index (χ1) is 10.3. The molecule has 2 heterocycles. The van der Waals surface area contributed by atoms with Crippen LogP contribution in [0.4, 0.5) is 0 Å². The highest BCUT2D eigenvalue weighted by atomic mass is 32.2. The Labute approximate surface area is 130 Å². The number of morpholine rings is 1. The summed E-state index contributed by atoms with van der Waals surface area (Å²) in [5, 5.41) is 3.13. The van der Waals surface area contributed by atoms with Gasteiger partial charge in [-0.1, -0.05) is 18.2 Å². The Kier molecular flexibility index (Phi) is 5.17. The largest absolute Gasteiger partial charge is 0.379 e. The van der Waals surface area contributed by atoms with Crippen molar-refractivity contribution in [2.24, 2.45) is 0 Å². The third kappa shape index (κ3) is 3.99. The maximum absolute atomic E-state index is 12.2. The molecule has 0 aromatic heterocycles. The van der Waals surface area contributed by atoms with Gasteiger partial charge in [0.15, 0.2) is 0 Å². The number of thioether (sulfide) groups is 1. The lowest BCUT2D eigenvalue weighted by molar-refractivity contribution is -0.120. The Bertz CT molecular complexity index is 464. The molecule has 1 aromatic rings. The van der Waals surface area contributed by atoms with Crippen LogP contribution in [-0.2, 0) is 16.0 Å². The van der Waals surface area contributed by atoms with E-state index in [1.54, 1.807) is 11.8 Å². The minimum absolute atomic E-state index is 0.0470. The molecule has 114 valence electrons. The molecule has 1 unspecified atom stereocenters. The number of benzene rings is 1. The molecule has 1 atom stereocenters. The van der Waals surface area contributed by atoms with Gasteiger partial charge in [-0.3, -0.25) is 9.69 Å². The summed E-state index contributed by atoms with van der Waals surface area (Å²) in [7, 11) is 0. The first-order valence-electron chi connectivity index (χ1n) is 7.65. The lowest BCUT2D eigenvalue weighted by atomic mass is 10.1. The van der Waals surface area contributed by atoms with E-state index in [1.807, 2.05) is 12.1 Å². The van der Waals surface area contributed by atoms with E-state index in [2.05, 4.69) is 22.3 Å². The van der Waals surface area contributed by atoms with Gasteiger partial charge in [-0.05, 0) is 31.0 Å². The minimum Gasteiger partial charge on any atom is -0.379 e. The van der Waals surface area contributed by atoms with Crippen LogP contribution in [0.1, 0.15) is 12.0 Å². The Morgan fingerprint density at radius 1 is 1.33 bits per heavy atom. The standard InChI is InChI=1S/C16H22N2O2S/c19-16(15-12-13-4-1-2-5-14(13)21-15)17-6-3-7-18-8-10-20-11-9-18/h1-2,4-5,15H,3,6-12H2,(H,17,19). The van der Waals surface area contributed by atoms with Gasteiger partial charge in [-0.25, -0.2) is 0 Å². The van der Waals surface area contributed by atoms with E-state index in [1.165, 1.54) is 10.5 Å². The number of amides is 1. The molecule has 3 rings (SSSR count). The number of ether oxygens (including phenoxy) is 1. The summed E-state index contributed by atoms with van der Waals surface area (Å²) in [5.41, 5.74) is 1.30. The van der Waals surface area contributed by atoms with Crippen molar-refractivity contribution in [2.75, 3.05) is 39.4 Å². The molecule has 1 N–H and O–H groups in total. The van der Waals surface area contributed by atoms with Gasteiger partial charge in [0, 0.05) is 24.5 Å². The second-order valence-electron chi connectivity index (χ2n) is 5.52. The monoisotopic (exact) mass is 306 g/mol. The lowest BCUT2D eigenvalue weighted by Crippen LogP contribution is -2.39. The first kappa shape index (κ1) is 14.9. The molecule has 1 aromatic carbocycles. The fraction of sp³-hybridized carbons (Fsp3) is 0.562. The van der Waals surface area contributed by atoms with Crippen LogP contribution in [0.2, 0.25) is 0 Å². The molecule has 1 amide bonds. The van der Waals surface area contributed by atoms with E-state index in [0.717, 1.165) is 52.2 Å². The summed E-state index contributed by atoms with van der Waals surface area (Å²) < 4.78 is 5.33. The van der Waals surface area contributed by atoms with Crippen molar-refractivity contribution in [1.82, 2.24) is 10.2 Å². The molecule has 2 aliphatic rings. The van der Waals surface area contributed by atoms with E-state index in [4.69, 9.17) is 4.74 Å². The van der Waals surface area contributed by atoms with Crippen molar-refractivity contribution >= 4 is 17.7 Å². The number of carbonyl (C=O) groups is 1. The molecule has 5 heteroatoms. The van der Waals surface area contributed by atoms with Gasteiger partial charge in [0.25, 0.3) is 0 Å². The molecule has 1 saturated heterocycles. The van der Waals surface area contributed by atoms with Crippen molar-refractivity contribution in [1.29, 1.82) is 0 Å². The third-order valence-corrected chi connectivity index (χ3v) is 5.31. The third-order valence-electron chi connectivity index (χ3n) is 3.99. The van der Waals surface area contributed by atoms with E-state index >= 15 is 0 Å². The van der Waals surface area contributed by atoms with Gasteiger partial charge in [0.2, 0.25) is 5.91 Å². The molecular formula is C16H22N2O2S. The van der Waals surface area contributed by atoms with Crippen LogP contribution >= 0.6 is 11.8 Å². The Hall–Kier alpha value is -1.04. The first-order valence-corrected chi connectivity index (χ1v) is 8.53. The highest BCUT2D eigenvalue weighted by Gasteiger charge is 2.27. The van der Waals surface area contributed by atoms with Gasteiger partial charge < -0.3 is 10.1 Å². The topological polar surface area (TPSA) is 41.6 Å². The fourth-order valence-corrected chi connectivity index (χ4v) is 4.00. The molecule has 0 saturated carbocycles. The molecule has 0 spiro atoms. The maximum atomic E-state index is 12.2. The van der Waals surface area contributed by atoms with Gasteiger partial charge in [0.1, 0.15) is 0 Å². The molecule has 0 bridgehead atoms. The predicted octanol–water partition coefficient (Wildman–Crippen LogP) is 1.54. The zero-order valence-corrected chi connectivity index (χ0v) is 13.0. The number of nitrogens with zero attached hydrogens (tertiary/aromatic N) is 1. The smallest absolute Gasteiger partial charge is 0.233 e. The molecule has 4 nitrogen and oxygen atoms in total. The lowest BCUT2D eigenvalue weighted by Gasteiger charge is -2.26. The average Bonchev–Trinajstić information content (AvgIpc) is 2.96. The number of carbonyl (C=O) groups excluding carboxylic acids is 1. The zero-order chi connectivity index (χ0) is 14.5. The van der Waals surface area contributed by atoms with Crippen molar-refractivity contribution in [2.45, 2.75) is 23.0 Å². The second kappa shape index (κ2) is 7.29. The van der Waals surface area contributed by atoms with Crippen LogP contribution in [0.5, 0.6) is 0 Å². The quantitative estimate of drug-likeness (QED) is 0.838. The van der Waals surface area contributed by atoms with Crippen molar-refractivity contribution in [3.8, 4) is 0 Å². The summed E-state index contributed by atoms with van der Waals surface area (Å²) in [5.74, 6) is 0.179. The number of hydrogen-bond acceptors (Lipinski definition) is 4. The summed E-state index contributed by atoms with van der Waals surface area (Å²) in [6.45, 7) is 5.52. The Morgan fingerprint density at radius 2 is 2.14 bits per heavy atom. The average molecular weight is 306 g/mol. The van der Waals surface area contributed by atoms with E-state index in [9.17, 15) is 4.79 Å². The van der Waals surface area contributed by atoms with Gasteiger partial charge in [-0.2, -0.15) is 0 Å². The Balaban J connectivity index is 1.36. The minimum atomic E-state index is 0.0470. The van der Waals surface area contributed by atoms with Crippen LogP contribution in [0, 0.1) is 0 Å². The summed E-state index contributed by atoms with van der Waals surface area (Å²) in [6, 6.07) is 8.30. The maximum Gasteiger partial charge on any atom is 0.233 e.